The first kappa shape index (κ1) is 17.9. The molecule has 0 unspecified atom stereocenters. The Labute approximate surface area is 155 Å². The largest absolute Gasteiger partial charge is 0.465 e. The van der Waals surface area contributed by atoms with Crippen LogP contribution in [0.2, 0.25) is 0 Å². The van der Waals surface area contributed by atoms with E-state index in [1.807, 2.05) is 18.2 Å². The molecule has 1 aliphatic rings. The summed E-state index contributed by atoms with van der Waals surface area (Å²) in [5.41, 5.74) is 1.63. The lowest BCUT2D eigenvalue weighted by atomic mass is 10.1. The fourth-order valence-electron chi connectivity index (χ4n) is 2.58. The van der Waals surface area contributed by atoms with Crippen molar-refractivity contribution in [1.29, 1.82) is 0 Å². The standard InChI is InChI=1S/C20H17NO4S/c1-3-18(22)21(14-10-8-13(9-11-14)20(24)25-2)12-17-19(23)15-6-4-5-7-16(15)26-17/h4-12H,3H2,1-2H3/b17-12-. The Morgan fingerprint density at radius 2 is 1.81 bits per heavy atom. The highest BCUT2D eigenvalue weighted by Gasteiger charge is 2.27. The minimum atomic E-state index is -0.444. The van der Waals surface area contributed by atoms with E-state index in [0.29, 0.717) is 21.7 Å². The number of methoxy groups -OCH3 is 1. The lowest BCUT2D eigenvalue weighted by molar-refractivity contribution is -0.117. The molecule has 0 bridgehead atoms. The van der Waals surface area contributed by atoms with Gasteiger partial charge in [-0.2, -0.15) is 0 Å². The second kappa shape index (κ2) is 7.58. The number of anilines is 1. The monoisotopic (exact) mass is 367 g/mol. The van der Waals surface area contributed by atoms with Crippen molar-refractivity contribution in [3.63, 3.8) is 0 Å². The Hall–Kier alpha value is -2.86. The molecule has 0 N–H and O–H groups in total. The normalized spacial score (nSPS) is 14.2. The molecule has 5 nitrogen and oxygen atoms in total. The van der Waals surface area contributed by atoms with Crippen molar-refractivity contribution in [2.75, 3.05) is 12.0 Å². The SMILES string of the molecule is CCC(=O)N(/C=C1\Sc2ccccc2C1=O)c1ccc(C(=O)OC)cc1. The second-order valence-electron chi connectivity index (χ2n) is 5.58. The first-order valence-electron chi connectivity index (χ1n) is 8.09. The van der Waals surface area contributed by atoms with E-state index < -0.39 is 5.97 Å². The molecule has 0 saturated carbocycles. The topological polar surface area (TPSA) is 63.7 Å². The number of carbonyl (C=O) groups excluding carboxylic acids is 3. The molecule has 26 heavy (non-hydrogen) atoms. The van der Waals surface area contributed by atoms with Gasteiger partial charge in [-0.15, -0.1) is 0 Å². The third kappa shape index (κ3) is 3.41. The Kier molecular flexibility index (Phi) is 5.23. The summed E-state index contributed by atoms with van der Waals surface area (Å²) in [4.78, 5) is 39.4. The van der Waals surface area contributed by atoms with Crippen LogP contribution in [-0.2, 0) is 9.53 Å². The Balaban J connectivity index is 1.94. The molecule has 1 heterocycles. The van der Waals surface area contributed by atoms with E-state index in [2.05, 4.69) is 4.74 Å². The van der Waals surface area contributed by atoms with E-state index >= 15 is 0 Å². The van der Waals surface area contributed by atoms with E-state index in [-0.39, 0.29) is 18.1 Å². The van der Waals surface area contributed by atoms with Gasteiger partial charge in [-0.3, -0.25) is 14.5 Å². The van der Waals surface area contributed by atoms with Crippen molar-refractivity contribution < 1.29 is 19.1 Å². The molecule has 0 fully saturated rings. The number of carbonyl (C=O) groups is 3. The van der Waals surface area contributed by atoms with Crippen LogP contribution in [0.5, 0.6) is 0 Å². The molecule has 0 saturated heterocycles. The maximum absolute atomic E-state index is 12.6. The maximum atomic E-state index is 12.6. The summed E-state index contributed by atoms with van der Waals surface area (Å²) < 4.78 is 4.68. The molecule has 6 heteroatoms. The molecule has 0 radical (unpaired) electrons. The fraction of sp³-hybridized carbons (Fsp3) is 0.150. The van der Waals surface area contributed by atoms with Crippen LogP contribution in [0.4, 0.5) is 5.69 Å². The smallest absolute Gasteiger partial charge is 0.337 e. The van der Waals surface area contributed by atoms with Crippen molar-refractivity contribution in [2.24, 2.45) is 0 Å². The number of allylic oxidation sites excluding steroid dienone is 1. The summed E-state index contributed by atoms with van der Waals surface area (Å²) in [6.07, 6.45) is 1.86. The average molecular weight is 367 g/mol. The predicted octanol–water partition coefficient (Wildman–Crippen LogP) is 4.05. The van der Waals surface area contributed by atoms with Gasteiger partial charge in [-0.05, 0) is 36.4 Å². The number of thioether (sulfide) groups is 1. The fourth-order valence-corrected chi connectivity index (χ4v) is 3.59. The van der Waals surface area contributed by atoms with Crippen molar-refractivity contribution in [3.05, 3.63) is 70.8 Å². The summed E-state index contributed by atoms with van der Waals surface area (Å²) in [5, 5.41) is 0. The second-order valence-corrected chi connectivity index (χ2v) is 6.66. The number of amides is 1. The molecular formula is C20H17NO4S. The van der Waals surface area contributed by atoms with Gasteiger partial charge < -0.3 is 4.74 Å². The van der Waals surface area contributed by atoms with Crippen LogP contribution in [0.1, 0.15) is 34.1 Å². The van der Waals surface area contributed by atoms with Crippen LogP contribution >= 0.6 is 11.8 Å². The number of ketones is 1. The summed E-state index contributed by atoms with van der Waals surface area (Å²) in [6, 6.07) is 13.9. The average Bonchev–Trinajstić information content (AvgIpc) is 3.01. The van der Waals surface area contributed by atoms with Crippen molar-refractivity contribution in [2.45, 2.75) is 18.2 Å². The van der Waals surface area contributed by atoms with Crippen molar-refractivity contribution in [3.8, 4) is 0 Å². The molecule has 0 atom stereocenters. The molecular weight excluding hydrogens is 350 g/mol. The summed E-state index contributed by atoms with van der Waals surface area (Å²) in [6.45, 7) is 1.76. The van der Waals surface area contributed by atoms with Gasteiger partial charge in [0.2, 0.25) is 11.7 Å². The third-order valence-electron chi connectivity index (χ3n) is 3.96. The summed E-state index contributed by atoms with van der Waals surface area (Å²) in [7, 11) is 1.31. The molecule has 2 aromatic carbocycles. The van der Waals surface area contributed by atoms with Crippen molar-refractivity contribution >= 4 is 35.1 Å². The zero-order chi connectivity index (χ0) is 18.7. The van der Waals surface area contributed by atoms with E-state index in [0.717, 1.165) is 4.90 Å². The first-order chi connectivity index (χ1) is 12.5. The van der Waals surface area contributed by atoms with Gasteiger partial charge in [0.05, 0.1) is 17.6 Å². The summed E-state index contributed by atoms with van der Waals surface area (Å²) >= 11 is 1.35. The zero-order valence-corrected chi connectivity index (χ0v) is 15.2. The van der Waals surface area contributed by atoms with Gasteiger partial charge in [0.1, 0.15) is 0 Å². The van der Waals surface area contributed by atoms with Gasteiger partial charge in [-0.1, -0.05) is 30.8 Å². The third-order valence-corrected chi connectivity index (χ3v) is 5.05. The zero-order valence-electron chi connectivity index (χ0n) is 14.4. The van der Waals surface area contributed by atoms with Crippen LogP contribution in [0.3, 0.4) is 0 Å². The number of benzene rings is 2. The van der Waals surface area contributed by atoms with Gasteiger partial charge in [0, 0.05) is 28.8 Å². The number of nitrogens with zero attached hydrogens (tertiary/aromatic N) is 1. The van der Waals surface area contributed by atoms with Crippen LogP contribution in [0.15, 0.2) is 64.5 Å². The van der Waals surface area contributed by atoms with Crippen molar-refractivity contribution in [1.82, 2.24) is 0 Å². The molecule has 3 rings (SSSR count). The van der Waals surface area contributed by atoms with Gasteiger partial charge in [0.25, 0.3) is 0 Å². The number of hydrogen-bond donors (Lipinski definition) is 0. The lowest BCUT2D eigenvalue weighted by Gasteiger charge is -2.19. The number of hydrogen-bond acceptors (Lipinski definition) is 5. The molecule has 1 amide bonds. The van der Waals surface area contributed by atoms with Crippen LogP contribution in [0.25, 0.3) is 0 Å². The molecule has 132 valence electrons. The van der Waals surface area contributed by atoms with Gasteiger partial charge in [-0.25, -0.2) is 4.79 Å². The highest BCUT2D eigenvalue weighted by molar-refractivity contribution is 8.04. The molecule has 0 spiro atoms. The van der Waals surface area contributed by atoms with Crippen LogP contribution in [-0.4, -0.2) is 24.8 Å². The Bertz CT molecular complexity index is 902. The van der Waals surface area contributed by atoms with Crippen LogP contribution < -0.4 is 4.90 Å². The number of esters is 1. The Morgan fingerprint density at radius 3 is 2.42 bits per heavy atom. The summed E-state index contributed by atoms with van der Waals surface area (Å²) in [5.74, 6) is -0.682. The lowest BCUT2D eigenvalue weighted by Crippen LogP contribution is -2.25. The molecule has 0 aromatic heterocycles. The maximum Gasteiger partial charge on any atom is 0.337 e. The Morgan fingerprint density at radius 1 is 1.12 bits per heavy atom. The van der Waals surface area contributed by atoms with E-state index in [1.54, 1.807) is 43.5 Å². The molecule has 1 aliphatic heterocycles. The molecule has 2 aromatic rings. The highest BCUT2D eigenvalue weighted by atomic mass is 32.2. The number of Topliss-reactive ketones (excluding diaryl/α,β-unsaturated/α-hetero) is 1. The highest BCUT2D eigenvalue weighted by Crippen LogP contribution is 2.40. The van der Waals surface area contributed by atoms with E-state index in [4.69, 9.17) is 0 Å². The van der Waals surface area contributed by atoms with Crippen LogP contribution in [0, 0.1) is 0 Å². The minimum Gasteiger partial charge on any atom is -0.465 e. The van der Waals surface area contributed by atoms with E-state index in [9.17, 15) is 14.4 Å². The van der Waals surface area contributed by atoms with Gasteiger partial charge in [0.15, 0.2) is 0 Å². The number of ether oxygens (including phenoxy) is 1. The quantitative estimate of drug-likeness (QED) is 0.603. The first-order valence-corrected chi connectivity index (χ1v) is 8.90. The van der Waals surface area contributed by atoms with E-state index in [1.165, 1.54) is 23.8 Å². The van der Waals surface area contributed by atoms with Gasteiger partial charge >= 0.3 is 5.97 Å². The molecule has 0 aliphatic carbocycles. The predicted molar refractivity (Wildman–Crippen MR) is 100 cm³/mol. The number of fused-ring (bicyclic) bond motifs is 1. The number of rotatable bonds is 4. The minimum absolute atomic E-state index is 0.0920.